The van der Waals surface area contributed by atoms with Crippen molar-refractivity contribution in [3.8, 4) is 0 Å². The maximum absolute atomic E-state index is 3.44. The van der Waals surface area contributed by atoms with Gasteiger partial charge in [-0.05, 0) is 72.1 Å². The van der Waals surface area contributed by atoms with Crippen LogP contribution in [0.15, 0.2) is 48.5 Å². The van der Waals surface area contributed by atoms with Gasteiger partial charge in [0.2, 0.25) is 0 Å². The largest absolute Gasteiger partial charge is 0.381 e. The van der Waals surface area contributed by atoms with Gasteiger partial charge >= 0.3 is 0 Å². The van der Waals surface area contributed by atoms with E-state index in [0.717, 1.165) is 13.1 Å². The summed E-state index contributed by atoms with van der Waals surface area (Å²) >= 11 is 2.33. The minimum Gasteiger partial charge on any atom is -0.381 e. The van der Waals surface area contributed by atoms with Crippen LogP contribution in [0.4, 0.5) is 5.69 Å². The van der Waals surface area contributed by atoms with Gasteiger partial charge in [-0.2, -0.15) is 0 Å². The predicted octanol–water partition coefficient (Wildman–Crippen LogP) is 3.96. The Kier molecular flexibility index (Phi) is 5.22. The van der Waals surface area contributed by atoms with E-state index < -0.39 is 0 Å². The molecule has 0 atom stereocenters. The van der Waals surface area contributed by atoms with Crippen molar-refractivity contribution in [2.45, 2.75) is 13.1 Å². The quantitative estimate of drug-likeness (QED) is 0.806. The van der Waals surface area contributed by atoms with E-state index in [2.05, 4.69) is 95.4 Å². The van der Waals surface area contributed by atoms with Gasteiger partial charge < -0.3 is 10.2 Å². The molecule has 0 aliphatic rings. The number of hydrogen-bond acceptors (Lipinski definition) is 2. The fourth-order valence-corrected chi connectivity index (χ4v) is 2.26. The van der Waals surface area contributed by atoms with E-state index in [1.807, 2.05) is 0 Å². The fourth-order valence-electron chi connectivity index (χ4n) is 1.90. The van der Waals surface area contributed by atoms with Gasteiger partial charge in [-0.15, -0.1) is 0 Å². The highest BCUT2D eigenvalue weighted by Gasteiger charge is 1.97. The van der Waals surface area contributed by atoms with Crippen molar-refractivity contribution in [1.82, 2.24) is 4.90 Å². The van der Waals surface area contributed by atoms with Gasteiger partial charge in [0.15, 0.2) is 0 Å². The van der Waals surface area contributed by atoms with Gasteiger partial charge in [-0.1, -0.05) is 24.3 Å². The summed E-state index contributed by atoms with van der Waals surface area (Å²) in [4.78, 5) is 2.17. The zero-order valence-electron chi connectivity index (χ0n) is 11.4. The Balaban J connectivity index is 1.91. The lowest BCUT2D eigenvalue weighted by molar-refractivity contribution is 0.402. The van der Waals surface area contributed by atoms with Crippen LogP contribution in [0.3, 0.4) is 0 Å². The number of hydrogen-bond donors (Lipinski definition) is 1. The van der Waals surface area contributed by atoms with Crippen LogP contribution in [0.2, 0.25) is 0 Å². The van der Waals surface area contributed by atoms with Crippen LogP contribution < -0.4 is 5.32 Å². The lowest BCUT2D eigenvalue weighted by atomic mass is 10.2. The second kappa shape index (κ2) is 6.91. The SMILES string of the molecule is CN(C)Cc1ccc(NCc2ccc(I)cc2)cc1. The highest BCUT2D eigenvalue weighted by Crippen LogP contribution is 2.13. The molecule has 0 fully saturated rings. The molecule has 0 spiro atoms. The Morgan fingerprint density at radius 3 is 2.05 bits per heavy atom. The minimum atomic E-state index is 0.865. The van der Waals surface area contributed by atoms with Crippen LogP contribution in [0.1, 0.15) is 11.1 Å². The molecule has 100 valence electrons. The zero-order chi connectivity index (χ0) is 13.7. The molecule has 0 radical (unpaired) electrons. The molecule has 0 bridgehead atoms. The zero-order valence-corrected chi connectivity index (χ0v) is 13.5. The van der Waals surface area contributed by atoms with Crippen molar-refractivity contribution in [2.75, 3.05) is 19.4 Å². The molecular weight excluding hydrogens is 347 g/mol. The van der Waals surface area contributed by atoms with Crippen LogP contribution in [0.5, 0.6) is 0 Å². The number of nitrogens with zero attached hydrogens (tertiary/aromatic N) is 1. The monoisotopic (exact) mass is 366 g/mol. The first kappa shape index (κ1) is 14.3. The van der Waals surface area contributed by atoms with Crippen LogP contribution in [-0.4, -0.2) is 19.0 Å². The summed E-state index contributed by atoms with van der Waals surface area (Å²) in [7, 11) is 4.17. The van der Waals surface area contributed by atoms with Crippen LogP contribution in [0, 0.1) is 3.57 Å². The van der Waals surface area contributed by atoms with Crippen LogP contribution >= 0.6 is 22.6 Å². The molecule has 2 rings (SSSR count). The van der Waals surface area contributed by atoms with Crippen molar-refractivity contribution >= 4 is 28.3 Å². The van der Waals surface area contributed by atoms with E-state index >= 15 is 0 Å². The first-order chi connectivity index (χ1) is 9.13. The topological polar surface area (TPSA) is 15.3 Å². The average Bonchev–Trinajstić information content (AvgIpc) is 2.39. The Hall–Kier alpha value is -1.07. The second-order valence-electron chi connectivity index (χ2n) is 4.91. The lowest BCUT2D eigenvalue weighted by Crippen LogP contribution is -2.10. The number of anilines is 1. The molecule has 0 aliphatic carbocycles. The predicted molar refractivity (Wildman–Crippen MR) is 90.3 cm³/mol. The van der Waals surface area contributed by atoms with Crippen molar-refractivity contribution in [3.05, 3.63) is 63.2 Å². The van der Waals surface area contributed by atoms with E-state index in [-0.39, 0.29) is 0 Å². The van der Waals surface area contributed by atoms with Crippen molar-refractivity contribution < 1.29 is 0 Å². The average molecular weight is 366 g/mol. The molecule has 0 unspecified atom stereocenters. The molecule has 0 aromatic heterocycles. The molecule has 3 heteroatoms. The van der Waals surface area contributed by atoms with Crippen molar-refractivity contribution in [1.29, 1.82) is 0 Å². The normalized spacial score (nSPS) is 10.7. The first-order valence-electron chi connectivity index (χ1n) is 6.35. The summed E-state index contributed by atoms with van der Waals surface area (Å²) in [5, 5.41) is 3.44. The highest BCUT2D eigenvalue weighted by molar-refractivity contribution is 14.1. The smallest absolute Gasteiger partial charge is 0.0400 e. The van der Waals surface area contributed by atoms with Gasteiger partial charge in [-0.25, -0.2) is 0 Å². The highest BCUT2D eigenvalue weighted by atomic mass is 127. The van der Waals surface area contributed by atoms with E-state index in [0.29, 0.717) is 0 Å². The van der Waals surface area contributed by atoms with E-state index in [1.165, 1.54) is 20.4 Å². The standard InChI is InChI=1S/C16H19IN2/c1-19(2)12-14-5-9-16(10-6-14)18-11-13-3-7-15(17)8-4-13/h3-10,18H,11-12H2,1-2H3. The van der Waals surface area contributed by atoms with Crippen molar-refractivity contribution in [3.63, 3.8) is 0 Å². The summed E-state index contributed by atoms with van der Waals surface area (Å²) in [5.41, 5.74) is 3.81. The van der Waals surface area contributed by atoms with Gasteiger partial charge in [0.05, 0.1) is 0 Å². The third-order valence-corrected chi connectivity index (χ3v) is 3.58. The summed E-state index contributed by atoms with van der Waals surface area (Å²) < 4.78 is 1.27. The number of benzene rings is 2. The molecule has 0 saturated heterocycles. The molecule has 0 aliphatic heterocycles. The maximum Gasteiger partial charge on any atom is 0.0400 e. The van der Waals surface area contributed by atoms with Crippen LogP contribution in [-0.2, 0) is 13.1 Å². The summed E-state index contributed by atoms with van der Waals surface area (Å²) in [6.45, 7) is 1.85. The lowest BCUT2D eigenvalue weighted by Gasteiger charge is -2.11. The molecule has 1 N–H and O–H groups in total. The molecule has 2 nitrogen and oxygen atoms in total. The molecule has 19 heavy (non-hydrogen) atoms. The van der Waals surface area contributed by atoms with Gasteiger partial charge in [0, 0.05) is 22.3 Å². The maximum atomic E-state index is 3.44. The molecular formula is C16H19IN2. The van der Waals surface area contributed by atoms with Gasteiger partial charge in [-0.3, -0.25) is 0 Å². The Bertz CT molecular complexity index is 503. The van der Waals surface area contributed by atoms with Gasteiger partial charge in [0.1, 0.15) is 0 Å². The molecule has 2 aromatic rings. The van der Waals surface area contributed by atoms with E-state index in [1.54, 1.807) is 0 Å². The van der Waals surface area contributed by atoms with E-state index in [9.17, 15) is 0 Å². The Morgan fingerprint density at radius 2 is 1.47 bits per heavy atom. The van der Waals surface area contributed by atoms with Gasteiger partial charge in [0.25, 0.3) is 0 Å². The molecule has 0 saturated carbocycles. The second-order valence-corrected chi connectivity index (χ2v) is 6.16. The third kappa shape index (κ3) is 4.84. The third-order valence-electron chi connectivity index (χ3n) is 2.86. The fraction of sp³-hybridized carbons (Fsp3) is 0.250. The Morgan fingerprint density at radius 1 is 0.895 bits per heavy atom. The molecule has 0 heterocycles. The number of rotatable bonds is 5. The molecule has 0 amide bonds. The van der Waals surface area contributed by atoms with Crippen molar-refractivity contribution in [2.24, 2.45) is 0 Å². The summed E-state index contributed by atoms with van der Waals surface area (Å²) in [6, 6.07) is 17.2. The number of halogens is 1. The van der Waals surface area contributed by atoms with E-state index in [4.69, 9.17) is 0 Å². The summed E-state index contributed by atoms with van der Waals surface area (Å²) in [6.07, 6.45) is 0. The Labute approximate surface area is 129 Å². The first-order valence-corrected chi connectivity index (χ1v) is 7.43. The van der Waals surface area contributed by atoms with Crippen LogP contribution in [0.25, 0.3) is 0 Å². The molecule has 2 aromatic carbocycles. The minimum absolute atomic E-state index is 0.865. The number of nitrogens with one attached hydrogen (secondary N) is 1. The summed E-state index contributed by atoms with van der Waals surface area (Å²) in [5.74, 6) is 0.